The van der Waals surface area contributed by atoms with Crippen molar-refractivity contribution >= 4 is 5.78 Å². The lowest BCUT2D eigenvalue weighted by atomic mass is 10.0. The van der Waals surface area contributed by atoms with E-state index in [9.17, 15) is 4.79 Å². The third kappa shape index (κ3) is 5.35. The highest BCUT2D eigenvalue weighted by Crippen LogP contribution is 2.12. The van der Waals surface area contributed by atoms with Crippen LogP contribution in [0.1, 0.15) is 32.6 Å². The summed E-state index contributed by atoms with van der Waals surface area (Å²) in [6.07, 6.45) is 4.04. The Hall–Kier alpha value is -0.410. The van der Waals surface area contributed by atoms with Gasteiger partial charge in [-0.25, -0.2) is 0 Å². The van der Waals surface area contributed by atoms with Crippen LogP contribution in [0.25, 0.3) is 0 Å². The Labute approximate surface area is 86.2 Å². The number of ketones is 1. The van der Waals surface area contributed by atoms with E-state index in [2.05, 4.69) is 5.32 Å². The molecule has 1 rings (SSSR count). The monoisotopic (exact) mass is 199 g/mol. The summed E-state index contributed by atoms with van der Waals surface area (Å²) in [5.74, 6) is 1.07. The molecule has 1 fully saturated rings. The first kappa shape index (κ1) is 11.7. The molecule has 1 aliphatic rings. The summed E-state index contributed by atoms with van der Waals surface area (Å²) >= 11 is 0. The lowest BCUT2D eigenvalue weighted by Crippen LogP contribution is -2.28. The zero-order valence-corrected chi connectivity index (χ0v) is 9.05. The fourth-order valence-corrected chi connectivity index (χ4v) is 1.72. The summed E-state index contributed by atoms with van der Waals surface area (Å²) in [6, 6.07) is 0. The second kappa shape index (κ2) is 6.96. The van der Waals surface area contributed by atoms with Crippen molar-refractivity contribution in [2.75, 3.05) is 26.3 Å². The molecule has 1 N–H and O–H groups in total. The number of rotatable bonds is 6. The number of hydrogen-bond donors (Lipinski definition) is 1. The normalized spacial score (nSPS) is 18.4. The summed E-state index contributed by atoms with van der Waals surface area (Å²) in [6.45, 7) is 5.54. The SMILES string of the molecule is CC(=O)CCCNCC1CCOCC1. The smallest absolute Gasteiger partial charge is 0.129 e. The summed E-state index contributed by atoms with van der Waals surface area (Å²) < 4.78 is 5.29. The Balaban J connectivity index is 1.90. The molecule has 0 saturated carbocycles. The predicted molar refractivity (Wildman–Crippen MR) is 56.3 cm³/mol. The van der Waals surface area contributed by atoms with Gasteiger partial charge in [-0.3, -0.25) is 0 Å². The van der Waals surface area contributed by atoms with Crippen LogP contribution >= 0.6 is 0 Å². The van der Waals surface area contributed by atoms with E-state index in [1.807, 2.05) is 0 Å². The van der Waals surface area contributed by atoms with E-state index in [1.54, 1.807) is 6.92 Å². The molecule has 0 atom stereocenters. The summed E-state index contributed by atoms with van der Waals surface area (Å²) in [7, 11) is 0. The molecule has 0 amide bonds. The molecule has 82 valence electrons. The van der Waals surface area contributed by atoms with Crippen molar-refractivity contribution in [3.8, 4) is 0 Å². The van der Waals surface area contributed by atoms with E-state index >= 15 is 0 Å². The Morgan fingerprint density at radius 2 is 2.14 bits per heavy atom. The van der Waals surface area contributed by atoms with Gasteiger partial charge in [0.1, 0.15) is 5.78 Å². The van der Waals surface area contributed by atoms with Crippen LogP contribution in [0.3, 0.4) is 0 Å². The quantitative estimate of drug-likeness (QED) is 0.657. The van der Waals surface area contributed by atoms with Gasteiger partial charge in [-0.2, -0.15) is 0 Å². The molecule has 1 aliphatic heterocycles. The van der Waals surface area contributed by atoms with E-state index in [4.69, 9.17) is 4.74 Å². The molecule has 0 aliphatic carbocycles. The molecule has 3 nitrogen and oxygen atoms in total. The van der Waals surface area contributed by atoms with E-state index in [0.717, 1.165) is 38.6 Å². The van der Waals surface area contributed by atoms with E-state index in [1.165, 1.54) is 12.8 Å². The van der Waals surface area contributed by atoms with Crippen LogP contribution < -0.4 is 5.32 Å². The number of Topliss-reactive ketones (excluding diaryl/α,β-unsaturated/α-hetero) is 1. The molecular weight excluding hydrogens is 178 g/mol. The van der Waals surface area contributed by atoms with Gasteiger partial charge in [-0.05, 0) is 45.2 Å². The lowest BCUT2D eigenvalue weighted by Gasteiger charge is -2.22. The van der Waals surface area contributed by atoms with Crippen molar-refractivity contribution in [2.45, 2.75) is 32.6 Å². The molecule has 3 heteroatoms. The van der Waals surface area contributed by atoms with Crippen molar-refractivity contribution in [1.82, 2.24) is 5.32 Å². The van der Waals surface area contributed by atoms with E-state index in [-0.39, 0.29) is 5.78 Å². The van der Waals surface area contributed by atoms with Crippen LogP contribution in [0, 0.1) is 5.92 Å². The molecule has 1 saturated heterocycles. The molecular formula is C11H21NO2. The van der Waals surface area contributed by atoms with Crippen LogP contribution in [0.15, 0.2) is 0 Å². The average Bonchev–Trinajstić information content (AvgIpc) is 2.18. The van der Waals surface area contributed by atoms with Gasteiger partial charge in [0, 0.05) is 19.6 Å². The van der Waals surface area contributed by atoms with Gasteiger partial charge in [0.2, 0.25) is 0 Å². The molecule has 14 heavy (non-hydrogen) atoms. The van der Waals surface area contributed by atoms with Gasteiger partial charge in [-0.15, -0.1) is 0 Å². The molecule has 0 radical (unpaired) electrons. The van der Waals surface area contributed by atoms with Gasteiger partial charge in [0.05, 0.1) is 0 Å². The first-order valence-corrected chi connectivity index (χ1v) is 5.57. The zero-order valence-electron chi connectivity index (χ0n) is 9.05. The van der Waals surface area contributed by atoms with Crippen LogP contribution in [0.2, 0.25) is 0 Å². The number of carbonyl (C=O) groups excluding carboxylic acids is 1. The van der Waals surface area contributed by atoms with Crippen molar-refractivity contribution in [3.05, 3.63) is 0 Å². The molecule has 0 unspecified atom stereocenters. The molecule has 0 bridgehead atoms. The Bertz CT molecular complexity index is 165. The Morgan fingerprint density at radius 3 is 2.79 bits per heavy atom. The summed E-state index contributed by atoms with van der Waals surface area (Å²) in [4.78, 5) is 10.7. The van der Waals surface area contributed by atoms with Gasteiger partial charge in [0.25, 0.3) is 0 Å². The maximum Gasteiger partial charge on any atom is 0.129 e. The van der Waals surface area contributed by atoms with E-state index < -0.39 is 0 Å². The van der Waals surface area contributed by atoms with Crippen LogP contribution in [0.5, 0.6) is 0 Å². The third-order valence-corrected chi connectivity index (χ3v) is 2.66. The van der Waals surface area contributed by atoms with Gasteiger partial charge in [-0.1, -0.05) is 0 Å². The van der Waals surface area contributed by atoms with Crippen molar-refractivity contribution in [1.29, 1.82) is 0 Å². The average molecular weight is 199 g/mol. The van der Waals surface area contributed by atoms with Crippen molar-refractivity contribution in [2.24, 2.45) is 5.92 Å². The first-order valence-electron chi connectivity index (χ1n) is 5.57. The second-order valence-corrected chi connectivity index (χ2v) is 4.07. The van der Waals surface area contributed by atoms with Crippen molar-refractivity contribution < 1.29 is 9.53 Å². The third-order valence-electron chi connectivity index (χ3n) is 2.66. The molecule has 1 heterocycles. The Morgan fingerprint density at radius 1 is 1.43 bits per heavy atom. The molecule has 0 aromatic carbocycles. The standard InChI is InChI=1S/C11H21NO2/c1-10(13)3-2-6-12-9-11-4-7-14-8-5-11/h11-12H,2-9H2,1H3. The minimum Gasteiger partial charge on any atom is -0.381 e. The van der Waals surface area contributed by atoms with Crippen LogP contribution in [0.4, 0.5) is 0 Å². The number of ether oxygens (including phenoxy) is 1. The summed E-state index contributed by atoms with van der Waals surface area (Å²) in [5.41, 5.74) is 0. The fourth-order valence-electron chi connectivity index (χ4n) is 1.72. The van der Waals surface area contributed by atoms with E-state index in [0.29, 0.717) is 6.42 Å². The molecule has 0 aromatic heterocycles. The largest absolute Gasteiger partial charge is 0.381 e. The maximum atomic E-state index is 10.7. The molecule has 0 aromatic rings. The lowest BCUT2D eigenvalue weighted by molar-refractivity contribution is -0.117. The fraction of sp³-hybridized carbons (Fsp3) is 0.909. The highest BCUT2D eigenvalue weighted by molar-refractivity contribution is 5.75. The topological polar surface area (TPSA) is 38.3 Å². The van der Waals surface area contributed by atoms with Crippen LogP contribution in [-0.4, -0.2) is 32.1 Å². The maximum absolute atomic E-state index is 10.7. The van der Waals surface area contributed by atoms with Crippen LogP contribution in [-0.2, 0) is 9.53 Å². The zero-order chi connectivity index (χ0) is 10.2. The number of carbonyl (C=O) groups is 1. The number of hydrogen-bond acceptors (Lipinski definition) is 3. The minimum absolute atomic E-state index is 0.290. The predicted octanol–water partition coefficient (Wildman–Crippen LogP) is 1.37. The highest BCUT2D eigenvalue weighted by atomic mass is 16.5. The Kier molecular flexibility index (Phi) is 5.80. The first-order chi connectivity index (χ1) is 6.79. The summed E-state index contributed by atoms with van der Waals surface area (Å²) in [5, 5.41) is 3.40. The van der Waals surface area contributed by atoms with Gasteiger partial charge >= 0.3 is 0 Å². The number of nitrogens with one attached hydrogen (secondary N) is 1. The second-order valence-electron chi connectivity index (χ2n) is 4.07. The molecule has 0 spiro atoms. The van der Waals surface area contributed by atoms with Gasteiger partial charge < -0.3 is 14.8 Å². The van der Waals surface area contributed by atoms with Crippen molar-refractivity contribution in [3.63, 3.8) is 0 Å². The minimum atomic E-state index is 0.290. The van der Waals surface area contributed by atoms with Gasteiger partial charge in [0.15, 0.2) is 0 Å². The highest BCUT2D eigenvalue weighted by Gasteiger charge is 2.12.